The molecule has 0 fully saturated rings. The van der Waals surface area contributed by atoms with Crippen LogP contribution >= 0.6 is 22.6 Å². The van der Waals surface area contributed by atoms with E-state index >= 15 is 0 Å². The Labute approximate surface area is 80.6 Å². The van der Waals surface area contributed by atoms with Crippen LogP contribution in [0.5, 0.6) is 0 Å². The molecule has 1 N–H and O–H groups in total. The molecular formula is C8H11IN2. The normalized spacial score (nSPS) is 10.2. The number of aromatic nitrogens is 1. The number of nitrogens with one attached hydrogen (secondary N) is 1. The Hall–Kier alpha value is -0.320. The van der Waals surface area contributed by atoms with E-state index in [1.165, 1.54) is 3.57 Å². The van der Waals surface area contributed by atoms with E-state index in [4.69, 9.17) is 0 Å². The summed E-state index contributed by atoms with van der Waals surface area (Å²) >= 11 is 2.27. The van der Waals surface area contributed by atoms with Gasteiger partial charge < -0.3 is 5.32 Å². The van der Waals surface area contributed by atoms with E-state index in [2.05, 4.69) is 46.7 Å². The lowest BCUT2D eigenvalue weighted by atomic mass is 10.4. The van der Waals surface area contributed by atoms with Crippen LogP contribution in [0.1, 0.15) is 13.8 Å². The van der Waals surface area contributed by atoms with Gasteiger partial charge in [-0.05, 0) is 48.6 Å². The molecule has 1 rings (SSSR count). The van der Waals surface area contributed by atoms with Crippen LogP contribution in [0.25, 0.3) is 0 Å². The second kappa shape index (κ2) is 3.90. The fraction of sp³-hybridized carbons (Fsp3) is 0.375. The van der Waals surface area contributed by atoms with Crippen LogP contribution in [0, 0.1) is 3.57 Å². The molecule has 0 aliphatic heterocycles. The van der Waals surface area contributed by atoms with Crippen LogP contribution in [0.15, 0.2) is 18.3 Å². The van der Waals surface area contributed by atoms with Crippen molar-refractivity contribution < 1.29 is 0 Å². The molecule has 0 bridgehead atoms. The van der Waals surface area contributed by atoms with E-state index in [1.807, 2.05) is 12.1 Å². The topological polar surface area (TPSA) is 24.9 Å². The number of pyridine rings is 1. The van der Waals surface area contributed by atoms with Gasteiger partial charge in [0.2, 0.25) is 0 Å². The number of rotatable bonds is 2. The van der Waals surface area contributed by atoms with E-state index in [9.17, 15) is 0 Å². The van der Waals surface area contributed by atoms with Crippen molar-refractivity contribution >= 4 is 28.4 Å². The van der Waals surface area contributed by atoms with Crippen LogP contribution in [-0.4, -0.2) is 11.0 Å². The first-order valence-corrected chi connectivity index (χ1v) is 4.65. The maximum Gasteiger partial charge on any atom is 0.139 e. The molecule has 1 heterocycles. The zero-order valence-corrected chi connectivity index (χ0v) is 8.79. The van der Waals surface area contributed by atoms with Gasteiger partial charge in [-0.2, -0.15) is 0 Å². The fourth-order valence-corrected chi connectivity index (χ4v) is 1.27. The Morgan fingerprint density at radius 3 is 2.82 bits per heavy atom. The molecule has 0 aliphatic carbocycles. The Morgan fingerprint density at radius 2 is 2.27 bits per heavy atom. The van der Waals surface area contributed by atoms with E-state index in [0.717, 1.165) is 5.82 Å². The van der Waals surface area contributed by atoms with Crippen LogP contribution in [-0.2, 0) is 0 Å². The molecule has 0 saturated heterocycles. The highest BCUT2D eigenvalue weighted by Crippen LogP contribution is 2.14. The van der Waals surface area contributed by atoms with Crippen LogP contribution in [0.3, 0.4) is 0 Å². The number of hydrogen-bond donors (Lipinski definition) is 1. The second-order valence-corrected chi connectivity index (χ2v) is 3.80. The first-order valence-electron chi connectivity index (χ1n) is 3.57. The molecule has 0 aliphatic rings. The Balaban J connectivity index is 2.78. The molecule has 0 radical (unpaired) electrons. The van der Waals surface area contributed by atoms with Gasteiger partial charge in [-0.25, -0.2) is 4.98 Å². The van der Waals surface area contributed by atoms with Gasteiger partial charge in [-0.15, -0.1) is 0 Å². The van der Waals surface area contributed by atoms with Crippen molar-refractivity contribution in [3.05, 3.63) is 21.9 Å². The van der Waals surface area contributed by atoms with Crippen LogP contribution < -0.4 is 5.32 Å². The molecule has 0 spiro atoms. The van der Waals surface area contributed by atoms with Gasteiger partial charge in [0, 0.05) is 12.2 Å². The summed E-state index contributed by atoms with van der Waals surface area (Å²) in [6.45, 7) is 4.20. The fourth-order valence-electron chi connectivity index (χ4n) is 0.765. The first kappa shape index (κ1) is 8.77. The Bertz CT molecular complexity index is 235. The molecule has 0 aromatic carbocycles. The number of hydrogen-bond acceptors (Lipinski definition) is 2. The second-order valence-electron chi connectivity index (χ2n) is 2.63. The van der Waals surface area contributed by atoms with Crippen molar-refractivity contribution in [1.82, 2.24) is 4.98 Å². The maximum atomic E-state index is 4.20. The van der Waals surface area contributed by atoms with Crippen molar-refractivity contribution in [2.45, 2.75) is 19.9 Å². The third kappa shape index (κ3) is 2.65. The lowest BCUT2D eigenvalue weighted by Crippen LogP contribution is -2.11. The van der Waals surface area contributed by atoms with Crippen LogP contribution in [0.2, 0.25) is 0 Å². The Kier molecular flexibility index (Phi) is 3.11. The predicted molar refractivity (Wildman–Crippen MR) is 55.7 cm³/mol. The monoisotopic (exact) mass is 262 g/mol. The summed E-state index contributed by atoms with van der Waals surface area (Å²) in [5, 5.41) is 3.25. The highest BCUT2D eigenvalue weighted by atomic mass is 127. The average Bonchev–Trinajstić information content (AvgIpc) is 1.93. The van der Waals surface area contributed by atoms with E-state index in [0.29, 0.717) is 6.04 Å². The molecular weight excluding hydrogens is 251 g/mol. The summed E-state index contributed by atoms with van der Waals surface area (Å²) in [6.07, 6.45) is 1.80. The summed E-state index contributed by atoms with van der Waals surface area (Å²) in [5.41, 5.74) is 0. The molecule has 11 heavy (non-hydrogen) atoms. The molecule has 3 heteroatoms. The van der Waals surface area contributed by atoms with Gasteiger partial charge in [0.25, 0.3) is 0 Å². The summed E-state index contributed by atoms with van der Waals surface area (Å²) in [5.74, 6) is 0.975. The van der Waals surface area contributed by atoms with E-state index in [-0.39, 0.29) is 0 Å². The van der Waals surface area contributed by atoms with Gasteiger partial charge in [-0.3, -0.25) is 0 Å². The summed E-state index contributed by atoms with van der Waals surface area (Å²) in [6, 6.07) is 4.42. The smallest absolute Gasteiger partial charge is 0.139 e. The van der Waals surface area contributed by atoms with Gasteiger partial charge in [-0.1, -0.05) is 0 Å². The maximum absolute atomic E-state index is 4.20. The number of nitrogens with zero attached hydrogens (tertiary/aromatic N) is 1. The van der Waals surface area contributed by atoms with E-state index in [1.54, 1.807) is 6.20 Å². The number of halogens is 1. The minimum atomic E-state index is 0.443. The lowest BCUT2D eigenvalue weighted by Gasteiger charge is -2.09. The largest absolute Gasteiger partial charge is 0.367 e. The van der Waals surface area contributed by atoms with Gasteiger partial charge in [0.05, 0.1) is 3.57 Å². The molecule has 1 aromatic rings. The van der Waals surface area contributed by atoms with Crippen molar-refractivity contribution in [1.29, 1.82) is 0 Å². The Morgan fingerprint density at radius 1 is 1.55 bits per heavy atom. The highest BCUT2D eigenvalue weighted by molar-refractivity contribution is 14.1. The van der Waals surface area contributed by atoms with Gasteiger partial charge >= 0.3 is 0 Å². The third-order valence-electron chi connectivity index (χ3n) is 1.18. The number of anilines is 1. The van der Waals surface area contributed by atoms with Crippen molar-refractivity contribution in [2.24, 2.45) is 0 Å². The molecule has 0 saturated carbocycles. The van der Waals surface area contributed by atoms with E-state index < -0.39 is 0 Å². The molecule has 2 nitrogen and oxygen atoms in total. The lowest BCUT2D eigenvalue weighted by molar-refractivity contribution is 0.887. The summed E-state index contributed by atoms with van der Waals surface area (Å²) in [4.78, 5) is 4.20. The summed E-state index contributed by atoms with van der Waals surface area (Å²) < 4.78 is 1.17. The molecule has 60 valence electrons. The molecule has 0 unspecified atom stereocenters. The average molecular weight is 262 g/mol. The van der Waals surface area contributed by atoms with Crippen molar-refractivity contribution in [3.63, 3.8) is 0 Å². The predicted octanol–water partition coefficient (Wildman–Crippen LogP) is 2.51. The zero-order valence-electron chi connectivity index (χ0n) is 6.63. The molecule has 0 amide bonds. The summed E-state index contributed by atoms with van der Waals surface area (Å²) in [7, 11) is 0. The quantitative estimate of drug-likeness (QED) is 0.828. The van der Waals surface area contributed by atoms with Crippen LogP contribution in [0.4, 0.5) is 5.82 Å². The van der Waals surface area contributed by atoms with Gasteiger partial charge in [0.1, 0.15) is 5.82 Å². The minimum absolute atomic E-state index is 0.443. The standard InChI is InChI=1S/C8H11IN2/c1-6(2)11-8-7(9)4-3-5-10-8/h3-6H,1-2H3,(H,10,11). The van der Waals surface area contributed by atoms with Crippen molar-refractivity contribution in [2.75, 3.05) is 5.32 Å². The molecule has 0 atom stereocenters. The SMILES string of the molecule is CC(C)Nc1ncccc1I. The third-order valence-corrected chi connectivity index (χ3v) is 2.05. The highest BCUT2D eigenvalue weighted by Gasteiger charge is 1.99. The zero-order chi connectivity index (χ0) is 8.27. The molecule has 1 aromatic heterocycles. The first-order chi connectivity index (χ1) is 5.20. The minimum Gasteiger partial charge on any atom is -0.367 e. The van der Waals surface area contributed by atoms with Crippen molar-refractivity contribution in [3.8, 4) is 0 Å². The van der Waals surface area contributed by atoms with Gasteiger partial charge in [0.15, 0.2) is 0 Å².